The molecular weight excluding hydrogens is 487 g/mol. The van der Waals surface area contributed by atoms with Crippen molar-refractivity contribution in [1.29, 1.82) is 0 Å². The van der Waals surface area contributed by atoms with E-state index in [1.807, 2.05) is 54.0 Å². The van der Waals surface area contributed by atoms with Gasteiger partial charge >= 0.3 is 0 Å². The quantitative estimate of drug-likeness (QED) is 0.287. The number of aryl methyl sites for hydroxylation is 1. The van der Waals surface area contributed by atoms with Crippen LogP contribution in [0.1, 0.15) is 40.3 Å². The van der Waals surface area contributed by atoms with Crippen molar-refractivity contribution >= 4 is 29.3 Å². The molecule has 4 aromatic rings. The average molecular weight is 511 g/mol. The number of halogens is 2. The summed E-state index contributed by atoms with van der Waals surface area (Å²) in [7, 11) is 1.63. The lowest BCUT2D eigenvalue weighted by atomic mass is 10.1. The summed E-state index contributed by atoms with van der Waals surface area (Å²) in [6, 6.07) is 18.7. The van der Waals surface area contributed by atoms with E-state index in [0.29, 0.717) is 21.8 Å². The molecule has 1 heterocycles. The number of thioether (sulfide) groups is 1. The van der Waals surface area contributed by atoms with E-state index in [1.165, 1.54) is 23.9 Å². The first-order chi connectivity index (χ1) is 16.9. The number of carbonyl (C=O) groups excluding carboxylic acids is 1. The Morgan fingerprint density at radius 2 is 1.94 bits per heavy atom. The van der Waals surface area contributed by atoms with Crippen LogP contribution in [0.15, 0.2) is 71.9 Å². The first-order valence-electron chi connectivity index (χ1n) is 10.9. The normalized spacial score (nSPS) is 11.8. The fourth-order valence-corrected chi connectivity index (χ4v) is 4.66. The number of aromatic nitrogens is 3. The first-order valence-corrected chi connectivity index (χ1v) is 12.3. The molecule has 0 fully saturated rings. The maximum Gasteiger partial charge on any atom is 0.254 e. The number of carbonyl (C=O) groups is 1. The Hall–Kier alpha value is -3.36. The summed E-state index contributed by atoms with van der Waals surface area (Å²) in [4.78, 5) is 12.7. The first kappa shape index (κ1) is 24.8. The predicted octanol–water partition coefficient (Wildman–Crippen LogP) is 6.16. The van der Waals surface area contributed by atoms with Crippen LogP contribution in [-0.2, 0) is 5.75 Å². The highest BCUT2D eigenvalue weighted by Gasteiger charge is 2.23. The second-order valence-corrected chi connectivity index (χ2v) is 9.30. The molecule has 1 aromatic heterocycles. The second-order valence-electron chi connectivity index (χ2n) is 7.92. The largest absolute Gasteiger partial charge is 0.497 e. The van der Waals surface area contributed by atoms with E-state index >= 15 is 0 Å². The summed E-state index contributed by atoms with van der Waals surface area (Å²) in [5.74, 6) is 0.802. The number of ether oxygens (including phenoxy) is 1. The zero-order valence-electron chi connectivity index (χ0n) is 19.5. The van der Waals surface area contributed by atoms with Crippen molar-refractivity contribution in [1.82, 2.24) is 20.1 Å². The third-order valence-corrected chi connectivity index (χ3v) is 6.66. The lowest BCUT2D eigenvalue weighted by molar-refractivity contribution is 0.0934. The molecule has 0 radical (unpaired) electrons. The van der Waals surface area contributed by atoms with Crippen LogP contribution in [0.25, 0.3) is 5.69 Å². The maximum atomic E-state index is 14.1. The topological polar surface area (TPSA) is 69.0 Å². The minimum absolute atomic E-state index is 0.0306. The second kappa shape index (κ2) is 10.9. The van der Waals surface area contributed by atoms with E-state index in [9.17, 15) is 9.18 Å². The van der Waals surface area contributed by atoms with Crippen molar-refractivity contribution in [3.05, 3.63) is 100 Å². The highest BCUT2D eigenvalue weighted by molar-refractivity contribution is 7.98. The van der Waals surface area contributed by atoms with Gasteiger partial charge in [0, 0.05) is 10.8 Å². The summed E-state index contributed by atoms with van der Waals surface area (Å²) >= 11 is 7.82. The molecular formula is C26H24ClFN4O2S. The molecule has 0 bridgehead atoms. The summed E-state index contributed by atoms with van der Waals surface area (Å²) in [6.45, 7) is 3.75. The molecule has 0 spiro atoms. The van der Waals surface area contributed by atoms with Crippen molar-refractivity contribution < 1.29 is 13.9 Å². The number of methoxy groups -OCH3 is 1. The van der Waals surface area contributed by atoms with Crippen LogP contribution in [0.3, 0.4) is 0 Å². The monoisotopic (exact) mass is 510 g/mol. The van der Waals surface area contributed by atoms with Crippen molar-refractivity contribution in [2.45, 2.75) is 30.8 Å². The number of nitrogens with one attached hydrogen (secondary N) is 1. The zero-order valence-corrected chi connectivity index (χ0v) is 21.0. The number of hydrogen-bond acceptors (Lipinski definition) is 5. The van der Waals surface area contributed by atoms with E-state index in [2.05, 4.69) is 15.5 Å². The van der Waals surface area contributed by atoms with Crippen LogP contribution >= 0.6 is 23.4 Å². The standard InChI is InChI=1S/C26H24ClFN4O2S/c1-16-11-12-19(27)14-23(16)32-24(17(2)29-25(33)21-9-4-5-10-22(21)28)30-31-26(32)35-15-18-7-6-8-20(13-18)34-3/h4-14,17H,15H2,1-3H3,(H,29,33). The van der Waals surface area contributed by atoms with Crippen LogP contribution < -0.4 is 10.1 Å². The fraction of sp³-hybridized carbons (Fsp3) is 0.192. The van der Waals surface area contributed by atoms with Gasteiger partial charge in [0.15, 0.2) is 11.0 Å². The highest BCUT2D eigenvalue weighted by Crippen LogP contribution is 2.31. The average Bonchev–Trinajstić information content (AvgIpc) is 3.28. The number of rotatable bonds is 8. The molecule has 1 N–H and O–H groups in total. The third-order valence-electron chi connectivity index (χ3n) is 5.43. The molecule has 4 rings (SSSR count). The smallest absolute Gasteiger partial charge is 0.254 e. The van der Waals surface area contributed by atoms with E-state index in [-0.39, 0.29) is 5.56 Å². The van der Waals surface area contributed by atoms with E-state index in [0.717, 1.165) is 22.6 Å². The number of amides is 1. The maximum absolute atomic E-state index is 14.1. The Kier molecular flexibility index (Phi) is 7.73. The van der Waals surface area contributed by atoms with Gasteiger partial charge in [0.2, 0.25) is 0 Å². The molecule has 0 aliphatic heterocycles. The Labute approximate surface area is 212 Å². The summed E-state index contributed by atoms with van der Waals surface area (Å²) in [5, 5.41) is 12.9. The van der Waals surface area contributed by atoms with Crippen LogP contribution in [-0.4, -0.2) is 27.8 Å². The van der Waals surface area contributed by atoms with Gasteiger partial charge in [0.1, 0.15) is 11.6 Å². The van der Waals surface area contributed by atoms with E-state index in [1.54, 1.807) is 26.2 Å². The summed E-state index contributed by atoms with van der Waals surface area (Å²) in [5.41, 5.74) is 2.80. The van der Waals surface area contributed by atoms with Gasteiger partial charge in [-0.15, -0.1) is 10.2 Å². The fourth-order valence-electron chi connectivity index (χ4n) is 3.60. The molecule has 1 amide bonds. The van der Waals surface area contributed by atoms with Gasteiger partial charge in [-0.25, -0.2) is 4.39 Å². The number of hydrogen-bond donors (Lipinski definition) is 1. The zero-order chi connectivity index (χ0) is 24.9. The van der Waals surface area contributed by atoms with Gasteiger partial charge in [0.25, 0.3) is 5.91 Å². The molecule has 3 aromatic carbocycles. The molecule has 1 atom stereocenters. The molecule has 9 heteroatoms. The van der Waals surface area contributed by atoms with Gasteiger partial charge in [-0.2, -0.15) is 0 Å². The SMILES string of the molecule is COc1cccc(CSc2nnc(C(C)NC(=O)c3ccccc3F)n2-c2cc(Cl)ccc2C)c1. The van der Waals surface area contributed by atoms with E-state index in [4.69, 9.17) is 16.3 Å². The summed E-state index contributed by atoms with van der Waals surface area (Å²) < 4.78 is 21.3. The molecule has 0 saturated heterocycles. The Morgan fingerprint density at radius 1 is 1.14 bits per heavy atom. The Morgan fingerprint density at radius 3 is 2.71 bits per heavy atom. The van der Waals surface area contributed by atoms with Crippen LogP contribution in [0.2, 0.25) is 5.02 Å². The van der Waals surface area contributed by atoms with Crippen LogP contribution in [0.4, 0.5) is 4.39 Å². The van der Waals surface area contributed by atoms with Crippen molar-refractivity contribution in [2.24, 2.45) is 0 Å². The molecule has 6 nitrogen and oxygen atoms in total. The highest BCUT2D eigenvalue weighted by atomic mass is 35.5. The van der Waals surface area contributed by atoms with Crippen molar-refractivity contribution in [3.63, 3.8) is 0 Å². The molecule has 0 aliphatic carbocycles. The molecule has 180 valence electrons. The van der Waals surface area contributed by atoms with Crippen LogP contribution in [0, 0.1) is 12.7 Å². The van der Waals surface area contributed by atoms with Crippen molar-refractivity contribution in [2.75, 3.05) is 7.11 Å². The van der Waals surface area contributed by atoms with Crippen molar-refractivity contribution in [3.8, 4) is 11.4 Å². The molecule has 0 aliphatic rings. The number of benzene rings is 3. The lowest BCUT2D eigenvalue weighted by Crippen LogP contribution is -2.29. The third kappa shape index (κ3) is 5.66. The van der Waals surface area contributed by atoms with Gasteiger partial charge in [-0.1, -0.05) is 53.7 Å². The van der Waals surface area contributed by atoms with Crippen LogP contribution in [0.5, 0.6) is 5.75 Å². The Bertz CT molecular complexity index is 1360. The van der Waals surface area contributed by atoms with Gasteiger partial charge in [0.05, 0.1) is 24.4 Å². The molecule has 1 unspecified atom stereocenters. The minimum atomic E-state index is -0.584. The molecule has 35 heavy (non-hydrogen) atoms. The van der Waals surface area contributed by atoms with E-state index < -0.39 is 17.8 Å². The lowest BCUT2D eigenvalue weighted by Gasteiger charge is -2.18. The van der Waals surface area contributed by atoms with Gasteiger partial charge in [-0.05, 0) is 61.4 Å². The van der Waals surface area contributed by atoms with Gasteiger partial charge < -0.3 is 10.1 Å². The minimum Gasteiger partial charge on any atom is -0.497 e. The van der Waals surface area contributed by atoms with Gasteiger partial charge in [-0.3, -0.25) is 9.36 Å². The predicted molar refractivity (Wildman–Crippen MR) is 136 cm³/mol. The number of nitrogens with zero attached hydrogens (tertiary/aromatic N) is 3. The summed E-state index contributed by atoms with van der Waals surface area (Å²) in [6.07, 6.45) is 0. The molecule has 0 saturated carbocycles. The Balaban J connectivity index is 1.67.